The number of anilines is 3. The highest BCUT2D eigenvalue weighted by molar-refractivity contribution is 6.10. The molecule has 39 heavy (non-hydrogen) atoms. The number of pyridine rings is 1. The van der Waals surface area contributed by atoms with Crippen LogP contribution in [0.3, 0.4) is 0 Å². The molecule has 0 bridgehead atoms. The summed E-state index contributed by atoms with van der Waals surface area (Å²) >= 11 is 0. The molecular weight excluding hydrogens is 509 g/mol. The van der Waals surface area contributed by atoms with Crippen molar-refractivity contribution in [2.45, 2.75) is 32.5 Å². The van der Waals surface area contributed by atoms with Crippen molar-refractivity contribution in [2.75, 3.05) is 74.6 Å². The molecule has 8 nitrogen and oxygen atoms in total. The number of aryl methyl sites for hydroxylation is 2. The Balaban J connectivity index is 1.51. The number of rotatable bonds is 4. The zero-order valence-corrected chi connectivity index (χ0v) is 22.8. The molecule has 4 heterocycles. The number of piperazine rings is 1. The van der Waals surface area contributed by atoms with E-state index in [-0.39, 0.29) is 29.7 Å². The number of carbonyl (C=O) groups excluding carboxylic acids is 2. The molecule has 2 atom stereocenters. The van der Waals surface area contributed by atoms with Gasteiger partial charge in [0.15, 0.2) is 0 Å². The number of carbonyl (C=O) groups is 2. The Labute approximate surface area is 227 Å². The van der Waals surface area contributed by atoms with Crippen LogP contribution in [0.4, 0.5) is 30.4 Å². The minimum absolute atomic E-state index is 0.0629. The quantitative estimate of drug-likeness (QED) is 0.590. The SMILES string of the molecule is Cc1cc(C(F)(F)F)cc(N2C(=O)C[C@@H]3CN(CCN4CCN(C)CC4)c4c(C)cccc4N(C)C(=O)[C@H]32)n1. The molecule has 210 valence electrons. The number of fused-ring (bicyclic) bond motifs is 2. The Morgan fingerprint density at radius 2 is 1.72 bits per heavy atom. The van der Waals surface area contributed by atoms with Gasteiger partial charge in [0.25, 0.3) is 0 Å². The molecule has 11 heteroatoms. The minimum atomic E-state index is -4.59. The van der Waals surface area contributed by atoms with Crippen LogP contribution in [0.5, 0.6) is 0 Å². The molecule has 2 fully saturated rings. The van der Waals surface area contributed by atoms with Gasteiger partial charge in [-0.1, -0.05) is 12.1 Å². The highest BCUT2D eigenvalue weighted by atomic mass is 19.4. The number of amides is 2. The molecule has 1 aromatic carbocycles. The summed E-state index contributed by atoms with van der Waals surface area (Å²) in [4.78, 5) is 41.3. The predicted molar refractivity (Wildman–Crippen MR) is 144 cm³/mol. The Kier molecular flexibility index (Phi) is 7.32. The van der Waals surface area contributed by atoms with Crippen molar-refractivity contribution < 1.29 is 22.8 Å². The Morgan fingerprint density at radius 3 is 2.41 bits per heavy atom. The van der Waals surface area contributed by atoms with Gasteiger partial charge in [-0.3, -0.25) is 19.4 Å². The molecule has 0 spiro atoms. The summed E-state index contributed by atoms with van der Waals surface area (Å²) in [5.74, 6) is -1.24. The van der Waals surface area contributed by atoms with Gasteiger partial charge in [0, 0.05) is 70.9 Å². The fourth-order valence-electron chi connectivity index (χ4n) is 6.04. The van der Waals surface area contributed by atoms with Gasteiger partial charge in [0.05, 0.1) is 16.9 Å². The zero-order chi connectivity index (χ0) is 28.1. The fraction of sp³-hybridized carbons (Fsp3) is 0.536. The number of hydrogen-bond acceptors (Lipinski definition) is 6. The Hall–Kier alpha value is -3.18. The number of halogens is 3. The van der Waals surface area contributed by atoms with Gasteiger partial charge < -0.3 is 14.7 Å². The third-order valence-corrected chi connectivity index (χ3v) is 8.16. The van der Waals surface area contributed by atoms with Crippen LogP contribution in [0.15, 0.2) is 30.3 Å². The first kappa shape index (κ1) is 27.4. The lowest BCUT2D eigenvalue weighted by Crippen LogP contribution is -2.53. The molecule has 0 aliphatic carbocycles. The van der Waals surface area contributed by atoms with Crippen molar-refractivity contribution in [3.05, 3.63) is 47.2 Å². The molecule has 0 radical (unpaired) electrons. The van der Waals surface area contributed by atoms with E-state index in [1.807, 2.05) is 25.1 Å². The topological polar surface area (TPSA) is 63.2 Å². The van der Waals surface area contributed by atoms with Crippen LogP contribution < -0.4 is 14.7 Å². The van der Waals surface area contributed by atoms with Gasteiger partial charge in [0.2, 0.25) is 11.8 Å². The van der Waals surface area contributed by atoms with Crippen molar-refractivity contribution >= 4 is 29.0 Å². The molecule has 2 aromatic rings. The summed E-state index contributed by atoms with van der Waals surface area (Å²) < 4.78 is 40.9. The third kappa shape index (κ3) is 5.34. The van der Waals surface area contributed by atoms with E-state index < -0.39 is 23.7 Å². The first-order chi connectivity index (χ1) is 18.4. The summed E-state index contributed by atoms with van der Waals surface area (Å²) in [6.07, 6.45) is -4.53. The molecule has 0 unspecified atom stereocenters. The van der Waals surface area contributed by atoms with E-state index in [9.17, 15) is 22.8 Å². The second-order valence-corrected chi connectivity index (χ2v) is 11.0. The normalized spacial score (nSPS) is 23.1. The molecule has 0 N–H and O–H groups in total. The van der Waals surface area contributed by atoms with Gasteiger partial charge >= 0.3 is 6.18 Å². The van der Waals surface area contributed by atoms with E-state index in [1.54, 1.807) is 11.9 Å². The van der Waals surface area contributed by atoms with Gasteiger partial charge in [0.1, 0.15) is 11.9 Å². The van der Waals surface area contributed by atoms with E-state index in [2.05, 4.69) is 26.7 Å². The van der Waals surface area contributed by atoms with Gasteiger partial charge in [-0.2, -0.15) is 13.2 Å². The monoisotopic (exact) mass is 544 g/mol. The summed E-state index contributed by atoms with van der Waals surface area (Å²) in [5, 5.41) is 0. The van der Waals surface area contributed by atoms with Crippen LogP contribution in [0.1, 0.15) is 23.2 Å². The number of para-hydroxylation sites is 1. The molecule has 3 aliphatic rings. The average molecular weight is 545 g/mol. The van der Waals surface area contributed by atoms with Crippen LogP contribution in [0, 0.1) is 19.8 Å². The largest absolute Gasteiger partial charge is 0.416 e. The number of likely N-dealkylation sites (N-methyl/N-ethyl adjacent to an activating group) is 2. The zero-order valence-electron chi connectivity index (χ0n) is 22.8. The summed E-state index contributed by atoms with van der Waals surface area (Å²) in [6.45, 7) is 9.42. The van der Waals surface area contributed by atoms with Crippen molar-refractivity contribution in [2.24, 2.45) is 5.92 Å². The van der Waals surface area contributed by atoms with Crippen LogP contribution in [0.2, 0.25) is 0 Å². The highest BCUT2D eigenvalue weighted by Crippen LogP contribution is 2.41. The first-order valence-corrected chi connectivity index (χ1v) is 13.3. The Bertz CT molecular complexity index is 1260. The summed E-state index contributed by atoms with van der Waals surface area (Å²) in [7, 11) is 3.79. The lowest BCUT2D eigenvalue weighted by Gasteiger charge is -2.40. The van der Waals surface area contributed by atoms with Crippen LogP contribution in [0.25, 0.3) is 0 Å². The number of nitrogens with zero attached hydrogens (tertiary/aromatic N) is 6. The standard InChI is InChI=1S/C28H35F3N6O2/c1-18-6-5-7-22-25(18)36(13-12-35-10-8-33(3)9-11-35)17-20-15-24(38)37(26(20)27(39)34(22)4)23-16-21(28(29,30)31)14-19(2)32-23/h5-7,14,16,20,26H,8-13,15,17H2,1-4H3/t20-,26+/m1/s1. The van der Waals surface area contributed by atoms with Crippen molar-refractivity contribution in [3.63, 3.8) is 0 Å². The van der Waals surface area contributed by atoms with Gasteiger partial charge in [-0.25, -0.2) is 4.98 Å². The third-order valence-electron chi connectivity index (χ3n) is 8.16. The second kappa shape index (κ2) is 10.4. The summed E-state index contributed by atoms with van der Waals surface area (Å²) in [5.41, 5.74) is 1.96. The van der Waals surface area contributed by atoms with E-state index in [0.717, 1.165) is 61.8 Å². The van der Waals surface area contributed by atoms with Crippen LogP contribution in [-0.4, -0.2) is 92.5 Å². The van der Waals surface area contributed by atoms with E-state index in [0.29, 0.717) is 13.1 Å². The lowest BCUT2D eigenvalue weighted by molar-refractivity contribution is -0.137. The number of alkyl halides is 3. The molecular formula is C28H35F3N6O2. The van der Waals surface area contributed by atoms with E-state index in [1.165, 1.54) is 11.8 Å². The predicted octanol–water partition coefficient (Wildman–Crippen LogP) is 3.17. The Morgan fingerprint density at radius 1 is 1.00 bits per heavy atom. The maximum absolute atomic E-state index is 13.9. The van der Waals surface area contributed by atoms with Crippen molar-refractivity contribution in [3.8, 4) is 0 Å². The molecule has 3 aliphatic heterocycles. The maximum Gasteiger partial charge on any atom is 0.416 e. The first-order valence-electron chi connectivity index (χ1n) is 13.3. The van der Waals surface area contributed by atoms with Crippen molar-refractivity contribution in [1.82, 2.24) is 14.8 Å². The fourth-order valence-corrected chi connectivity index (χ4v) is 6.04. The maximum atomic E-state index is 13.9. The highest BCUT2D eigenvalue weighted by Gasteiger charge is 2.49. The molecule has 2 amide bonds. The number of hydrogen-bond donors (Lipinski definition) is 0. The van der Waals surface area contributed by atoms with Gasteiger partial charge in [-0.15, -0.1) is 0 Å². The minimum Gasteiger partial charge on any atom is -0.368 e. The average Bonchev–Trinajstić information content (AvgIpc) is 3.20. The molecule has 1 aromatic heterocycles. The van der Waals surface area contributed by atoms with Crippen LogP contribution >= 0.6 is 0 Å². The van der Waals surface area contributed by atoms with E-state index >= 15 is 0 Å². The summed E-state index contributed by atoms with van der Waals surface area (Å²) in [6, 6.07) is 6.68. The van der Waals surface area contributed by atoms with Crippen molar-refractivity contribution in [1.29, 1.82) is 0 Å². The van der Waals surface area contributed by atoms with Gasteiger partial charge in [-0.05, 0) is 44.7 Å². The van der Waals surface area contributed by atoms with Crippen LogP contribution in [-0.2, 0) is 15.8 Å². The van der Waals surface area contributed by atoms with E-state index in [4.69, 9.17) is 0 Å². The molecule has 2 saturated heterocycles. The second-order valence-electron chi connectivity index (χ2n) is 11.0. The lowest BCUT2D eigenvalue weighted by atomic mass is 9.95. The molecule has 0 saturated carbocycles. The number of benzene rings is 1. The smallest absolute Gasteiger partial charge is 0.368 e. The number of aromatic nitrogens is 1. The molecule has 5 rings (SSSR count).